The maximum atomic E-state index is 12.2. The standard InChI is InChI=1S/C16H18N2O6/c1-10-8-14(16(20)23-10)24-15(19)11-4-5-12(13(9-11)18(21)22)17-6-2-3-7-17/h4-5,9-10,14H,2-3,6-8H2,1H3/t10-,14-/m0/s1. The Labute approximate surface area is 138 Å². The van der Waals surface area contributed by atoms with E-state index in [1.54, 1.807) is 13.0 Å². The first kappa shape index (κ1) is 16.2. The largest absolute Gasteiger partial charge is 0.460 e. The van der Waals surface area contributed by atoms with E-state index in [2.05, 4.69) is 0 Å². The Kier molecular flexibility index (Phi) is 4.37. The minimum absolute atomic E-state index is 0.0528. The van der Waals surface area contributed by atoms with Crippen LogP contribution in [0.15, 0.2) is 18.2 Å². The highest BCUT2D eigenvalue weighted by Crippen LogP contribution is 2.32. The molecule has 2 fully saturated rings. The summed E-state index contributed by atoms with van der Waals surface area (Å²) in [5.41, 5.74) is 0.425. The Bertz CT molecular complexity index is 683. The van der Waals surface area contributed by atoms with Crippen molar-refractivity contribution in [2.75, 3.05) is 18.0 Å². The summed E-state index contributed by atoms with van der Waals surface area (Å²) in [6.45, 7) is 3.23. The van der Waals surface area contributed by atoms with Gasteiger partial charge in [0, 0.05) is 25.6 Å². The van der Waals surface area contributed by atoms with Crippen LogP contribution < -0.4 is 4.90 Å². The quantitative estimate of drug-likeness (QED) is 0.472. The fraction of sp³-hybridized carbons (Fsp3) is 0.500. The Morgan fingerprint density at radius 2 is 2.08 bits per heavy atom. The van der Waals surface area contributed by atoms with Crippen molar-refractivity contribution in [1.29, 1.82) is 0 Å². The zero-order chi connectivity index (χ0) is 17.3. The zero-order valence-electron chi connectivity index (χ0n) is 13.3. The smallest absolute Gasteiger partial charge is 0.347 e. The van der Waals surface area contributed by atoms with E-state index < -0.39 is 23.0 Å². The number of ether oxygens (including phenoxy) is 2. The molecule has 0 aliphatic carbocycles. The molecule has 0 spiro atoms. The topological polar surface area (TPSA) is 99.0 Å². The molecule has 2 saturated heterocycles. The molecule has 8 heteroatoms. The number of esters is 2. The second-order valence-corrected chi connectivity index (χ2v) is 6.03. The number of nitro groups is 1. The highest BCUT2D eigenvalue weighted by molar-refractivity contribution is 5.93. The van der Waals surface area contributed by atoms with E-state index in [0.29, 0.717) is 12.1 Å². The van der Waals surface area contributed by atoms with Gasteiger partial charge in [-0.3, -0.25) is 10.1 Å². The van der Waals surface area contributed by atoms with E-state index in [4.69, 9.17) is 9.47 Å². The molecular weight excluding hydrogens is 316 g/mol. The Morgan fingerprint density at radius 1 is 1.38 bits per heavy atom. The highest BCUT2D eigenvalue weighted by atomic mass is 16.6. The van der Waals surface area contributed by atoms with Crippen molar-refractivity contribution >= 4 is 23.3 Å². The SMILES string of the molecule is C[C@H]1C[C@H](OC(=O)c2ccc(N3CCCC3)c([N+](=O)[O-])c2)C(=O)O1. The van der Waals surface area contributed by atoms with Gasteiger partial charge in [0.25, 0.3) is 5.69 Å². The van der Waals surface area contributed by atoms with Gasteiger partial charge in [-0.25, -0.2) is 9.59 Å². The van der Waals surface area contributed by atoms with Crippen LogP contribution in [0.2, 0.25) is 0 Å². The number of nitro benzene ring substituents is 1. The van der Waals surface area contributed by atoms with Crippen LogP contribution in [0.3, 0.4) is 0 Å². The van der Waals surface area contributed by atoms with E-state index in [0.717, 1.165) is 25.9 Å². The fourth-order valence-corrected chi connectivity index (χ4v) is 3.04. The van der Waals surface area contributed by atoms with Crippen LogP contribution in [0, 0.1) is 10.1 Å². The molecule has 128 valence electrons. The summed E-state index contributed by atoms with van der Waals surface area (Å²) in [4.78, 5) is 36.5. The lowest BCUT2D eigenvalue weighted by Gasteiger charge is -2.17. The summed E-state index contributed by atoms with van der Waals surface area (Å²) in [6.07, 6.45) is 1.01. The van der Waals surface area contributed by atoms with Gasteiger partial charge in [-0.1, -0.05) is 0 Å². The monoisotopic (exact) mass is 334 g/mol. The van der Waals surface area contributed by atoms with Crippen LogP contribution in [0.25, 0.3) is 0 Å². The van der Waals surface area contributed by atoms with E-state index in [-0.39, 0.29) is 17.4 Å². The molecule has 3 rings (SSSR count). The van der Waals surface area contributed by atoms with E-state index >= 15 is 0 Å². The lowest BCUT2D eigenvalue weighted by molar-refractivity contribution is -0.384. The molecule has 2 aliphatic rings. The molecule has 0 radical (unpaired) electrons. The minimum atomic E-state index is -0.954. The molecular formula is C16H18N2O6. The first-order valence-corrected chi connectivity index (χ1v) is 7.90. The lowest BCUT2D eigenvalue weighted by atomic mass is 10.1. The molecule has 0 N–H and O–H groups in total. The second-order valence-electron chi connectivity index (χ2n) is 6.03. The fourth-order valence-electron chi connectivity index (χ4n) is 3.04. The number of hydrogen-bond donors (Lipinski definition) is 0. The van der Waals surface area contributed by atoms with Gasteiger partial charge in [0.15, 0.2) is 0 Å². The van der Waals surface area contributed by atoms with Crippen molar-refractivity contribution < 1.29 is 24.0 Å². The number of carbonyl (C=O) groups excluding carboxylic acids is 2. The first-order chi connectivity index (χ1) is 11.5. The Balaban J connectivity index is 1.80. The van der Waals surface area contributed by atoms with Crippen LogP contribution in [-0.2, 0) is 14.3 Å². The van der Waals surface area contributed by atoms with Crippen molar-refractivity contribution in [3.8, 4) is 0 Å². The molecule has 0 amide bonds. The van der Waals surface area contributed by atoms with Crippen LogP contribution in [-0.4, -0.2) is 42.2 Å². The van der Waals surface area contributed by atoms with Crippen molar-refractivity contribution in [1.82, 2.24) is 0 Å². The first-order valence-electron chi connectivity index (χ1n) is 7.90. The van der Waals surface area contributed by atoms with Crippen LogP contribution in [0.1, 0.15) is 36.5 Å². The molecule has 0 saturated carbocycles. The predicted molar refractivity (Wildman–Crippen MR) is 83.9 cm³/mol. The summed E-state index contributed by atoms with van der Waals surface area (Å²) in [6, 6.07) is 4.27. The number of hydrogen-bond acceptors (Lipinski definition) is 7. The molecule has 0 aromatic heterocycles. The number of nitrogens with zero attached hydrogens (tertiary/aromatic N) is 2. The Morgan fingerprint density at radius 3 is 2.67 bits per heavy atom. The van der Waals surface area contributed by atoms with Gasteiger partial charge >= 0.3 is 11.9 Å². The molecule has 0 unspecified atom stereocenters. The maximum Gasteiger partial charge on any atom is 0.347 e. The lowest BCUT2D eigenvalue weighted by Crippen LogP contribution is -2.23. The normalized spacial score (nSPS) is 23.2. The Hall–Kier alpha value is -2.64. The van der Waals surface area contributed by atoms with Crippen LogP contribution in [0.5, 0.6) is 0 Å². The molecule has 24 heavy (non-hydrogen) atoms. The van der Waals surface area contributed by atoms with Gasteiger partial charge in [-0.05, 0) is 31.9 Å². The summed E-state index contributed by atoms with van der Waals surface area (Å²) in [5, 5.41) is 11.3. The highest BCUT2D eigenvalue weighted by Gasteiger charge is 2.35. The van der Waals surface area contributed by atoms with Gasteiger partial charge in [0.2, 0.25) is 6.10 Å². The van der Waals surface area contributed by atoms with Crippen LogP contribution >= 0.6 is 0 Å². The second kappa shape index (κ2) is 6.46. The molecule has 1 aromatic carbocycles. The average molecular weight is 334 g/mol. The zero-order valence-corrected chi connectivity index (χ0v) is 13.3. The van der Waals surface area contributed by atoms with Crippen molar-refractivity contribution in [3.63, 3.8) is 0 Å². The summed E-state index contributed by atoms with van der Waals surface area (Å²) >= 11 is 0. The number of benzene rings is 1. The molecule has 1 aromatic rings. The predicted octanol–water partition coefficient (Wildman–Crippen LogP) is 2.06. The van der Waals surface area contributed by atoms with E-state index in [9.17, 15) is 19.7 Å². The number of rotatable bonds is 4. The summed E-state index contributed by atoms with van der Waals surface area (Å²) in [5.74, 6) is -1.35. The van der Waals surface area contributed by atoms with Gasteiger partial charge < -0.3 is 14.4 Å². The van der Waals surface area contributed by atoms with Crippen molar-refractivity contribution in [3.05, 3.63) is 33.9 Å². The van der Waals surface area contributed by atoms with E-state index in [1.807, 2.05) is 4.90 Å². The van der Waals surface area contributed by atoms with Gasteiger partial charge in [-0.15, -0.1) is 0 Å². The third-order valence-electron chi connectivity index (χ3n) is 4.23. The molecule has 8 nitrogen and oxygen atoms in total. The van der Waals surface area contributed by atoms with E-state index in [1.165, 1.54) is 12.1 Å². The van der Waals surface area contributed by atoms with Crippen molar-refractivity contribution in [2.24, 2.45) is 0 Å². The number of anilines is 1. The average Bonchev–Trinajstić information content (AvgIpc) is 3.17. The molecule has 0 bridgehead atoms. The van der Waals surface area contributed by atoms with Crippen molar-refractivity contribution in [2.45, 2.75) is 38.4 Å². The van der Waals surface area contributed by atoms with Gasteiger partial charge in [0.05, 0.1) is 10.5 Å². The van der Waals surface area contributed by atoms with Crippen LogP contribution in [0.4, 0.5) is 11.4 Å². The molecule has 2 aliphatic heterocycles. The minimum Gasteiger partial charge on any atom is -0.460 e. The van der Waals surface area contributed by atoms with Gasteiger partial charge in [0.1, 0.15) is 11.8 Å². The number of cyclic esters (lactones) is 1. The number of carbonyl (C=O) groups is 2. The molecule has 2 heterocycles. The third-order valence-corrected chi connectivity index (χ3v) is 4.23. The third kappa shape index (κ3) is 3.17. The molecule has 2 atom stereocenters. The van der Waals surface area contributed by atoms with Gasteiger partial charge in [-0.2, -0.15) is 0 Å². The summed E-state index contributed by atoms with van der Waals surface area (Å²) < 4.78 is 10.1. The summed E-state index contributed by atoms with van der Waals surface area (Å²) in [7, 11) is 0. The maximum absolute atomic E-state index is 12.2.